The standard InChI is InChI=1S/C14H19NO4S/c1-14(2,11-4-3-7-20-11)8-15-12(16)9-5-6-10(19-9)13(17)18/h3-4,7,9-10H,5-6,8H2,1-2H3,(H,15,16)(H,17,18). The van der Waals surface area contributed by atoms with E-state index < -0.39 is 18.2 Å². The number of aliphatic carboxylic acids is 1. The van der Waals surface area contributed by atoms with Gasteiger partial charge in [0, 0.05) is 16.8 Å². The van der Waals surface area contributed by atoms with Crippen LogP contribution in [0, 0.1) is 0 Å². The number of thiophene rings is 1. The lowest BCUT2D eigenvalue weighted by molar-refractivity contribution is -0.151. The normalized spacial score (nSPS) is 22.7. The van der Waals surface area contributed by atoms with Crippen molar-refractivity contribution < 1.29 is 19.4 Å². The van der Waals surface area contributed by atoms with Crippen LogP contribution < -0.4 is 5.32 Å². The molecule has 0 radical (unpaired) electrons. The topological polar surface area (TPSA) is 75.6 Å². The minimum Gasteiger partial charge on any atom is -0.479 e. The van der Waals surface area contributed by atoms with Gasteiger partial charge in [0.1, 0.15) is 6.10 Å². The first-order valence-electron chi connectivity index (χ1n) is 6.60. The van der Waals surface area contributed by atoms with E-state index in [-0.39, 0.29) is 11.3 Å². The van der Waals surface area contributed by atoms with Gasteiger partial charge in [-0.15, -0.1) is 11.3 Å². The van der Waals surface area contributed by atoms with Gasteiger partial charge in [-0.25, -0.2) is 4.79 Å². The molecule has 2 rings (SSSR count). The molecule has 1 aromatic rings. The Bertz CT molecular complexity index is 483. The Morgan fingerprint density at radius 3 is 2.70 bits per heavy atom. The zero-order valence-corrected chi connectivity index (χ0v) is 12.4. The molecule has 1 amide bonds. The van der Waals surface area contributed by atoms with Crippen molar-refractivity contribution in [3.05, 3.63) is 22.4 Å². The second-order valence-electron chi connectivity index (χ2n) is 5.61. The fraction of sp³-hybridized carbons (Fsp3) is 0.571. The van der Waals surface area contributed by atoms with Gasteiger partial charge >= 0.3 is 5.97 Å². The maximum atomic E-state index is 12.0. The third-order valence-electron chi connectivity index (χ3n) is 3.48. The Labute approximate surface area is 121 Å². The number of carbonyl (C=O) groups excluding carboxylic acids is 1. The van der Waals surface area contributed by atoms with Crippen LogP contribution in [0.2, 0.25) is 0 Å². The van der Waals surface area contributed by atoms with Crippen molar-refractivity contribution in [2.75, 3.05) is 6.54 Å². The predicted octanol–water partition coefficient (Wildman–Crippen LogP) is 1.77. The van der Waals surface area contributed by atoms with E-state index in [0.717, 1.165) is 0 Å². The highest BCUT2D eigenvalue weighted by molar-refractivity contribution is 7.10. The van der Waals surface area contributed by atoms with Crippen LogP contribution in [0.15, 0.2) is 17.5 Å². The summed E-state index contributed by atoms with van der Waals surface area (Å²) in [6.45, 7) is 4.63. The van der Waals surface area contributed by atoms with Gasteiger partial charge < -0.3 is 15.2 Å². The lowest BCUT2D eigenvalue weighted by atomic mass is 9.91. The lowest BCUT2D eigenvalue weighted by Crippen LogP contribution is -2.41. The first-order chi connectivity index (χ1) is 9.40. The summed E-state index contributed by atoms with van der Waals surface area (Å²) in [6.07, 6.45) is -0.643. The maximum absolute atomic E-state index is 12.0. The van der Waals surface area contributed by atoms with Crippen molar-refractivity contribution in [2.24, 2.45) is 0 Å². The summed E-state index contributed by atoms with van der Waals surface area (Å²) in [6, 6.07) is 4.03. The van der Waals surface area contributed by atoms with Crippen LogP contribution >= 0.6 is 11.3 Å². The van der Waals surface area contributed by atoms with Gasteiger partial charge in [0.05, 0.1) is 0 Å². The van der Waals surface area contributed by atoms with Crippen LogP contribution in [0.25, 0.3) is 0 Å². The molecule has 2 heterocycles. The Morgan fingerprint density at radius 1 is 1.45 bits per heavy atom. The van der Waals surface area contributed by atoms with Gasteiger partial charge in [0.2, 0.25) is 5.91 Å². The number of hydrogen-bond acceptors (Lipinski definition) is 4. The number of carboxylic acid groups (broad SMARTS) is 1. The molecule has 0 bridgehead atoms. The van der Waals surface area contributed by atoms with Crippen molar-refractivity contribution in [2.45, 2.75) is 44.3 Å². The third kappa shape index (κ3) is 3.37. The van der Waals surface area contributed by atoms with Crippen LogP contribution in [-0.2, 0) is 19.7 Å². The molecule has 1 saturated heterocycles. The quantitative estimate of drug-likeness (QED) is 0.868. The fourth-order valence-electron chi connectivity index (χ4n) is 2.18. The summed E-state index contributed by atoms with van der Waals surface area (Å²) in [7, 11) is 0. The first-order valence-corrected chi connectivity index (χ1v) is 7.48. The Hall–Kier alpha value is -1.40. The van der Waals surface area contributed by atoms with Crippen molar-refractivity contribution >= 4 is 23.2 Å². The highest BCUT2D eigenvalue weighted by Crippen LogP contribution is 2.27. The minimum absolute atomic E-state index is 0.144. The minimum atomic E-state index is -1.00. The van der Waals surface area contributed by atoms with Gasteiger partial charge in [-0.3, -0.25) is 4.79 Å². The van der Waals surface area contributed by atoms with Crippen molar-refractivity contribution in [1.29, 1.82) is 0 Å². The molecule has 1 aromatic heterocycles. The molecule has 1 aliphatic rings. The number of hydrogen-bond donors (Lipinski definition) is 2. The number of ether oxygens (including phenoxy) is 1. The molecule has 6 heteroatoms. The van der Waals surface area contributed by atoms with E-state index in [1.807, 2.05) is 17.5 Å². The average molecular weight is 297 g/mol. The highest BCUT2D eigenvalue weighted by Gasteiger charge is 2.35. The molecule has 0 saturated carbocycles. The number of nitrogens with one attached hydrogen (secondary N) is 1. The maximum Gasteiger partial charge on any atom is 0.332 e. The fourth-order valence-corrected chi connectivity index (χ4v) is 3.04. The summed E-state index contributed by atoms with van der Waals surface area (Å²) in [5.41, 5.74) is -0.144. The molecule has 110 valence electrons. The van der Waals surface area contributed by atoms with Crippen LogP contribution in [-0.4, -0.2) is 35.7 Å². The third-order valence-corrected chi connectivity index (χ3v) is 4.72. The van der Waals surface area contributed by atoms with Crippen LogP contribution in [0.3, 0.4) is 0 Å². The number of carbonyl (C=O) groups is 2. The molecule has 20 heavy (non-hydrogen) atoms. The van der Waals surface area contributed by atoms with E-state index in [1.54, 1.807) is 11.3 Å². The van der Waals surface area contributed by atoms with E-state index in [2.05, 4.69) is 19.2 Å². The van der Waals surface area contributed by atoms with Gasteiger partial charge in [0.25, 0.3) is 0 Å². The molecular weight excluding hydrogens is 278 g/mol. The van der Waals surface area contributed by atoms with E-state index in [0.29, 0.717) is 19.4 Å². The van der Waals surface area contributed by atoms with Crippen LogP contribution in [0.5, 0.6) is 0 Å². The van der Waals surface area contributed by atoms with E-state index in [1.165, 1.54) is 4.88 Å². The van der Waals surface area contributed by atoms with E-state index in [9.17, 15) is 9.59 Å². The number of amides is 1. The summed E-state index contributed by atoms with van der Waals surface area (Å²) in [5.74, 6) is -1.22. The average Bonchev–Trinajstić information content (AvgIpc) is 3.06. The molecule has 1 aliphatic heterocycles. The number of rotatable bonds is 5. The summed E-state index contributed by atoms with van der Waals surface area (Å²) in [4.78, 5) is 24.0. The summed E-state index contributed by atoms with van der Waals surface area (Å²) < 4.78 is 5.23. The Kier molecular flexibility index (Phi) is 4.45. The van der Waals surface area contributed by atoms with Crippen LogP contribution in [0.4, 0.5) is 0 Å². The van der Waals surface area contributed by atoms with E-state index >= 15 is 0 Å². The molecule has 2 N–H and O–H groups in total. The first kappa shape index (κ1) is 15.0. The van der Waals surface area contributed by atoms with Crippen molar-refractivity contribution in [3.63, 3.8) is 0 Å². The van der Waals surface area contributed by atoms with Gasteiger partial charge in [-0.05, 0) is 24.3 Å². The lowest BCUT2D eigenvalue weighted by Gasteiger charge is -2.24. The molecule has 1 fully saturated rings. The largest absolute Gasteiger partial charge is 0.479 e. The molecule has 0 spiro atoms. The van der Waals surface area contributed by atoms with Gasteiger partial charge in [0.15, 0.2) is 6.10 Å². The molecule has 0 aromatic carbocycles. The molecule has 5 nitrogen and oxygen atoms in total. The van der Waals surface area contributed by atoms with Crippen LogP contribution in [0.1, 0.15) is 31.6 Å². The zero-order valence-electron chi connectivity index (χ0n) is 11.6. The summed E-state index contributed by atoms with van der Waals surface area (Å²) in [5, 5.41) is 13.7. The highest BCUT2D eigenvalue weighted by atomic mass is 32.1. The molecule has 2 unspecified atom stereocenters. The summed E-state index contributed by atoms with van der Waals surface area (Å²) >= 11 is 1.66. The zero-order chi connectivity index (χ0) is 14.8. The Morgan fingerprint density at radius 2 is 2.15 bits per heavy atom. The Balaban J connectivity index is 1.85. The van der Waals surface area contributed by atoms with Crippen molar-refractivity contribution in [3.8, 4) is 0 Å². The SMILES string of the molecule is CC(C)(CNC(=O)C1CCC(C(=O)O)O1)c1cccs1. The smallest absolute Gasteiger partial charge is 0.332 e. The second kappa shape index (κ2) is 5.93. The molecule has 2 atom stereocenters. The molecular formula is C14H19NO4S. The van der Waals surface area contributed by atoms with Gasteiger partial charge in [-0.2, -0.15) is 0 Å². The monoisotopic (exact) mass is 297 g/mol. The van der Waals surface area contributed by atoms with E-state index in [4.69, 9.17) is 9.84 Å². The van der Waals surface area contributed by atoms with Gasteiger partial charge in [-0.1, -0.05) is 19.9 Å². The number of carboxylic acids is 1. The van der Waals surface area contributed by atoms with Crippen molar-refractivity contribution in [1.82, 2.24) is 5.32 Å². The second-order valence-corrected chi connectivity index (χ2v) is 6.56. The molecule has 0 aliphatic carbocycles. The predicted molar refractivity (Wildman–Crippen MR) is 75.9 cm³/mol.